The Labute approximate surface area is 232 Å². The molecule has 0 N–H and O–H groups in total. The van der Waals surface area contributed by atoms with E-state index in [4.69, 9.17) is 9.47 Å². The minimum absolute atomic E-state index is 0.156. The molecule has 0 saturated heterocycles. The van der Waals surface area contributed by atoms with Crippen molar-refractivity contribution < 1.29 is 9.47 Å². The van der Waals surface area contributed by atoms with Gasteiger partial charge in [0.2, 0.25) is 0 Å². The van der Waals surface area contributed by atoms with Gasteiger partial charge in [-0.2, -0.15) is 5.26 Å². The Bertz CT molecular complexity index is 1460. The van der Waals surface area contributed by atoms with Crippen LogP contribution in [0.4, 0.5) is 0 Å². The van der Waals surface area contributed by atoms with E-state index in [9.17, 15) is 5.26 Å². The molecule has 0 atom stereocenters. The average Bonchev–Trinajstić information content (AvgIpc) is 2.96. The zero-order valence-corrected chi connectivity index (χ0v) is 23.6. The summed E-state index contributed by atoms with van der Waals surface area (Å²) in [5, 5.41) is 9.69. The van der Waals surface area contributed by atoms with Crippen LogP contribution in [-0.4, -0.2) is 14.2 Å². The Hall–Kier alpha value is -4.55. The number of allylic oxidation sites excluding steroid dienone is 2. The summed E-state index contributed by atoms with van der Waals surface area (Å²) in [4.78, 5) is 0. The van der Waals surface area contributed by atoms with Gasteiger partial charge in [0, 0.05) is 5.57 Å². The van der Waals surface area contributed by atoms with Gasteiger partial charge in [-0.15, -0.1) is 0 Å². The van der Waals surface area contributed by atoms with Gasteiger partial charge >= 0.3 is 0 Å². The van der Waals surface area contributed by atoms with Crippen molar-refractivity contribution in [1.82, 2.24) is 0 Å². The predicted octanol–water partition coefficient (Wildman–Crippen LogP) is 9.05. The number of benzene rings is 4. The highest BCUT2D eigenvalue weighted by Gasteiger charge is 2.22. The lowest BCUT2D eigenvalue weighted by Crippen LogP contribution is -2.10. The van der Waals surface area contributed by atoms with Gasteiger partial charge in [0.15, 0.2) is 0 Å². The molecule has 196 valence electrons. The fourth-order valence-corrected chi connectivity index (χ4v) is 5.10. The third-order valence-corrected chi connectivity index (χ3v) is 6.82. The number of rotatable bonds is 7. The van der Waals surface area contributed by atoms with Crippen molar-refractivity contribution in [2.75, 3.05) is 14.2 Å². The van der Waals surface area contributed by atoms with E-state index in [-0.39, 0.29) is 5.41 Å². The zero-order valence-electron chi connectivity index (χ0n) is 23.6. The van der Waals surface area contributed by atoms with Crippen LogP contribution >= 0.6 is 0 Å². The summed E-state index contributed by atoms with van der Waals surface area (Å²) in [5.74, 6) is 1.63. The molecule has 39 heavy (non-hydrogen) atoms. The molecule has 4 aromatic rings. The third kappa shape index (κ3) is 6.13. The second-order valence-electron chi connectivity index (χ2n) is 10.5. The minimum atomic E-state index is -0.156. The van der Waals surface area contributed by atoms with E-state index in [1.165, 1.54) is 0 Å². The molecule has 0 saturated carbocycles. The van der Waals surface area contributed by atoms with Crippen LogP contribution in [0.2, 0.25) is 0 Å². The van der Waals surface area contributed by atoms with E-state index < -0.39 is 0 Å². The molecule has 0 aromatic heterocycles. The van der Waals surface area contributed by atoms with Gasteiger partial charge in [0.25, 0.3) is 0 Å². The maximum absolute atomic E-state index is 9.69. The Balaban J connectivity index is 2.01. The lowest BCUT2D eigenvalue weighted by Gasteiger charge is -2.25. The van der Waals surface area contributed by atoms with Gasteiger partial charge in [-0.1, -0.05) is 99.6 Å². The van der Waals surface area contributed by atoms with E-state index in [0.29, 0.717) is 0 Å². The third-order valence-electron chi connectivity index (χ3n) is 6.82. The van der Waals surface area contributed by atoms with Crippen LogP contribution in [0.15, 0.2) is 109 Å². The van der Waals surface area contributed by atoms with Crippen molar-refractivity contribution in [2.24, 2.45) is 5.41 Å². The van der Waals surface area contributed by atoms with Gasteiger partial charge in [-0.3, -0.25) is 0 Å². The van der Waals surface area contributed by atoms with Gasteiger partial charge in [-0.25, -0.2) is 0 Å². The molecule has 0 aliphatic rings. The molecule has 0 heterocycles. The molecule has 4 aromatic carbocycles. The zero-order chi connectivity index (χ0) is 28.0. The number of ether oxygens (including phenoxy) is 2. The van der Waals surface area contributed by atoms with Gasteiger partial charge < -0.3 is 9.47 Å². The topological polar surface area (TPSA) is 42.2 Å². The average molecular weight is 514 g/mol. The molecular formula is C36H35NO2. The molecular weight excluding hydrogens is 478 g/mol. The number of methoxy groups -OCH3 is 2. The normalized spacial score (nSPS) is 11.7. The Morgan fingerprint density at radius 1 is 0.564 bits per heavy atom. The summed E-state index contributed by atoms with van der Waals surface area (Å²) in [5.41, 5.74) is 9.32. The van der Waals surface area contributed by atoms with Crippen molar-refractivity contribution in [3.8, 4) is 17.6 Å². The first kappa shape index (κ1) is 27.5. The lowest BCUT2D eigenvalue weighted by molar-refractivity contribution is 0.414. The molecule has 3 nitrogen and oxygen atoms in total. The highest BCUT2D eigenvalue weighted by molar-refractivity contribution is 6.04. The standard InChI is InChI=1S/C36H35NO2/c1-25(24-37)35(36(2,3)4)30-14-12-27(13-15-30)33(26-10-8-7-9-11-26)34(28-16-20-31(38-5)21-17-28)29-18-22-32(39-6)23-19-29/h7-23H,1-6H3/b35-25+. The number of nitriles is 1. The maximum Gasteiger partial charge on any atom is 0.118 e. The highest BCUT2D eigenvalue weighted by atomic mass is 16.5. The van der Waals surface area contributed by atoms with Crippen molar-refractivity contribution in [3.05, 3.63) is 137 Å². The summed E-state index contributed by atoms with van der Waals surface area (Å²) >= 11 is 0. The van der Waals surface area contributed by atoms with Crippen molar-refractivity contribution in [1.29, 1.82) is 5.26 Å². The molecule has 0 spiro atoms. The molecule has 4 rings (SSSR count). The van der Waals surface area contributed by atoms with Crippen molar-refractivity contribution in [3.63, 3.8) is 0 Å². The Morgan fingerprint density at radius 3 is 1.28 bits per heavy atom. The Morgan fingerprint density at radius 2 is 0.923 bits per heavy atom. The van der Waals surface area contributed by atoms with Crippen LogP contribution in [0.5, 0.6) is 11.5 Å². The molecule has 0 aliphatic heterocycles. The summed E-state index contributed by atoms with van der Waals surface area (Å²) in [6.07, 6.45) is 0. The SMILES string of the molecule is COc1ccc(C(=C(c2ccccc2)c2ccc(/C(=C(/C)C#N)C(C)(C)C)cc2)c2ccc(OC)cc2)cc1. The summed E-state index contributed by atoms with van der Waals surface area (Å²) in [6.45, 7) is 8.35. The largest absolute Gasteiger partial charge is 0.497 e. The fourth-order valence-electron chi connectivity index (χ4n) is 5.10. The van der Waals surface area contributed by atoms with Crippen LogP contribution in [0.3, 0.4) is 0 Å². The maximum atomic E-state index is 9.69. The first-order chi connectivity index (χ1) is 18.8. The molecule has 0 aliphatic carbocycles. The molecule has 0 unspecified atom stereocenters. The smallest absolute Gasteiger partial charge is 0.118 e. The quantitative estimate of drug-likeness (QED) is 0.183. The van der Waals surface area contributed by atoms with E-state index in [1.807, 2.05) is 37.3 Å². The van der Waals surface area contributed by atoms with Crippen molar-refractivity contribution in [2.45, 2.75) is 27.7 Å². The molecule has 3 heteroatoms. The van der Waals surface area contributed by atoms with E-state index in [2.05, 4.69) is 99.6 Å². The molecule has 0 fully saturated rings. The summed E-state index contributed by atoms with van der Waals surface area (Å²) in [7, 11) is 3.36. The van der Waals surface area contributed by atoms with Crippen LogP contribution in [-0.2, 0) is 0 Å². The predicted molar refractivity (Wildman–Crippen MR) is 162 cm³/mol. The number of hydrogen-bond donors (Lipinski definition) is 0. The van der Waals surface area contributed by atoms with Crippen LogP contribution in [0, 0.1) is 16.7 Å². The summed E-state index contributed by atoms with van der Waals surface area (Å²) < 4.78 is 10.9. The van der Waals surface area contributed by atoms with Crippen molar-refractivity contribution >= 4 is 16.7 Å². The summed E-state index contributed by atoms with van der Waals surface area (Å²) in [6, 6.07) is 37.8. The highest BCUT2D eigenvalue weighted by Crippen LogP contribution is 2.40. The van der Waals surface area contributed by atoms with Gasteiger partial charge in [-0.05, 0) is 81.1 Å². The molecule has 0 radical (unpaired) electrons. The van der Waals surface area contributed by atoms with Crippen LogP contribution in [0.1, 0.15) is 55.5 Å². The molecule has 0 amide bonds. The second kappa shape index (κ2) is 11.9. The van der Waals surface area contributed by atoms with E-state index in [0.717, 1.165) is 61.6 Å². The first-order valence-corrected chi connectivity index (χ1v) is 13.1. The van der Waals surface area contributed by atoms with Gasteiger partial charge in [0.1, 0.15) is 11.5 Å². The minimum Gasteiger partial charge on any atom is -0.497 e. The van der Waals surface area contributed by atoms with E-state index >= 15 is 0 Å². The second-order valence-corrected chi connectivity index (χ2v) is 10.5. The monoisotopic (exact) mass is 513 g/mol. The Kier molecular flexibility index (Phi) is 8.37. The number of hydrogen-bond acceptors (Lipinski definition) is 3. The number of nitrogens with zero attached hydrogens (tertiary/aromatic N) is 1. The van der Waals surface area contributed by atoms with Crippen LogP contribution < -0.4 is 9.47 Å². The first-order valence-electron chi connectivity index (χ1n) is 13.1. The lowest BCUT2D eigenvalue weighted by atomic mass is 9.79. The van der Waals surface area contributed by atoms with E-state index in [1.54, 1.807) is 14.2 Å². The fraction of sp³-hybridized carbons (Fsp3) is 0.194. The van der Waals surface area contributed by atoms with Gasteiger partial charge in [0.05, 0.1) is 20.3 Å². The van der Waals surface area contributed by atoms with Crippen LogP contribution in [0.25, 0.3) is 16.7 Å². The molecule has 0 bridgehead atoms.